The average molecular weight is 395 g/mol. The van der Waals surface area contributed by atoms with Crippen LogP contribution in [0.25, 0.3) is 6.08 Å². The number of hydrogen-bond donors (Lipinski definition) is 2. The Morgan fingerprint density at radius 3 is 2.34 bits per heavy atom. The molecule has 1 amide bonds. The molecule has 2 aromatic rings. The number of allylic oxidation sites excluding steroid dienone is 1. The lowest BCUT2D eigenvalue weighted by molar-refractivity contribution is -0.127. The van der Waals surface area contributed by atoms with Gasteiger partial charge in [0.05, 0.1) is 25.5 Å². The third-order valence-corrected chi connectivity index (χ3v) is 4.86. The summed E-state index contributed by atoms with van der Waals surface area (Å²) in [5, 5.41) is 12.4. The molecule has 0 bridgehead atoms. The molecule has 0 aliphatic heterocycles. The number of aryl methyl sites for hydroxylation is 2. The molecule has 3 rings (SSSR count). The van der Waals surface area contributed by atoms with Gasteiger partial charge >= 0.3 is 0 Å². The summed E-state index contributed by atoms with van der Waals surface area (Å²) in [5.41, 5.74) is 3.77. The van der Waals surface area contributed by atoms with Crippen molar-refractivity contribution in [1.82, 2.24) is 0 Å². The Morgan fingerprint density at radius 2 is 1.79 bits per heavy atom. The third-order valence-electron chi connectivity index (χ3n) is 4.86. The van der Waals surface area contributed by atoms with Crippen LogP contribution in [0, 0.1) is 13.8 Å². The Hall–Kier alpha value is -3.61. The first-order chi connectivity index (χ1) is 13.8. The normalized spacial score (nSPS) is 13.9. The van der Waals surface area contributed by atoms with E-state index >= 15 is 0 Å². The Kier molecular flexibility index (Phi) is 5.41. The van der Waals surface area contributed by atoms with Crippen molar-refractivity contribution in [3.05, 3.63) is 51.6 Å². The minimum absolute atomic E-state index is 0.116. The van der Waals surface area contributed by atoms with Crippen molar-refractivity contribution < 1.29 is 29.0 Å². The van der Waals surface area contributed by atoms with Gasteiger partial charge in [0, 0.05) is 12.0 Å². The van der Waals surface area contributed by atoms with Crippen LogP contribution >= 0.6 is 0 Å². The minimum Gasteiger partial charge on any atom is -0.507 e. The monoisotopic (exact) mass is 395 g/mol. The van der Waals surface area contributed by atoms with Crippen LogP contribution in [0.3, 0.4) is 0 Å². The molecule has 0 saturated carbocycles. The second kappa shape index (κ2) is 7.79. The summed E-state index contributed by atoms with van der Waals surface area (Å²) in [6, 6.07) is 5.28. The minimum atomic E-state index is -0.895. The molecular formula is C22H21NO6. The predicted molar refractivity (Wildman–Crippen MR) is 108 cm³/mol. The van der Waals surface area contributed by atoms with Gasteiger partial charge in [0.2, 0.25) is 6.29 Å². The van der Waals surface area contributed by atoms with E-state index in [0.29, 0.717) is 34.4 Å². The summed E-state index contributed by atoms with van der Waals surface area (Å²) in [6.07, 6.45) is 2.22. The Balaban J connectivity index is 2.13. The second-order valence-corrected chi connectivity index (χ2v) is 6.81. The first kappa shape index (κ1) is 20.1. The van der Waals surface area contributed by atoms with E-state index in [2.05, 4.69) is 5.32 Å². The van der Waals surface area contributed by atoms with Crippen molar-refractivity contribution >= 4 is 29.7 Å². The van der Waals surface area contributed by atoms with Gasteiger partial charge in [0.15, 0.2) is 17.3 Å². The van der Waals surface area contributed by atoms with E-state index in [0.717, 1.165) is 5.56 Å². The van der Waals surface area contributed by atoms with Gasteiger partial charge in [-0.1, -0.05) is 0 Å². The fourth-order valence-electron chi connectivity index (χ4n) is 3.55. The molecular weight excluding hydrogens is 374 g/mol. The number of hydrogen-bond acceptors (Lipinski definition) is 6. The van der Waals surface area contributed by atoms with Crippen molar-refractivity contribution in [2.45, 2.75) is 20.3 Å². The highest BCUT2D eigenvalue weighted by Gasteiger charge is 2.32. The number of benzene rings is 2. The maximum Gasteiger partial charge on any atom is 0.288 e. The molecule has 1 aliphatic rings. The van der Waals surface area contributed by atoms with Gasteiger partial charge in [-0.15, -0.1) is 0 Å². The number of phenols is 1. The standard InChI is InChI=1S/C22H21NO6/c1-11-5-13(6-12(2)20(11)26)7-15-8-14-9-16(28-3)22(29-4)19(18(14)21(15)27)23-17(25)10-24/h5-7,9-10,26H,8H2,1-4H3,(H,23,25)/b15-7+. The molecule has 2 N–H and O–H groups in total. The lowest BCUT2D eigenvalue weighted by Gasteiger charge is -2.16. The highest BCUT2D eigenvalue weighted by atomic mass is 16.5. The van der Waals surface area contributed by atoms with Crippen LogP contribution in [0.4, 0.5) is 5.69 Å². The summed E-state index contributed by atoms with van der Waals surface area (Å²) in [4.78, 5) is 35.7. The van der Waals surface area contributed by atoms with Crippen LogP contribution in [-0.4, -0.2) is 37.3 Å². The second-order valence-electron chi connectivity index (χ2n) is 6.81. The summed E-state index contributed by atoms with van der Waals surface area (Å²) in [7, 11) is 2.84. The number of Topliss-reactive ketones (excluding diaryl/α,β-unsaturated/α-hetero) is 1. The van der Waals surface area contributed by atoms with E-state index < -0.39 is 5.91 Å². The van der Waals surface area contributed by atoms with Crippen molar-refractivity contribution in [1.29, 1.82) is 0 Å². The number of ether oxygens (including phenoxy) is 2. The van der Waals surface area contributed by atoms with Crippen LogP contribution in [0.2, 0.25) is 0 Å². The number of aromatic hydroxyl groups is 1. The van der Waals surface area contributed by atoms with E-state index in [1.807, 2.05) is 0 Å². The highest BCUT2D eigenvalue weighted by Crippen LogP contribution is 2.45. The first-order valence-electron chi connectivity index (χ1n) is 8.90. The van der Waals surface area contributed by atoms with Gasteiger partial charge in [-0.2, -0.15) is 0 Å². The van der Waals surface area contributed by atoms with Crippen molar-refractivity contribution in [2.75, 3.05) is 19.5 Å². The lowest BCUT2D eigenvalue weighted by Crippen LogP contribution is -2.16. The highest BCUT2D eigenvalue weighted by molar-refractivity contribution is 6.31. The number of fused-ring (bicyclic) bond motifs is 1. The number of anilines is 1. The van der Waals surface area contributed by atoms with Crippen LogP contribution < -0.4 is 14.8 Å². The molecule has 7 nitrogen and oxygen atoms in total. The van der Waals surface area contributed by atoms with E-state index in [1.54, 1.807) is 38.1 Å². The third kappa shape index (κ3) is 3.59. The fourth-order valence-corrected chi connectivity index (χ4v) is 3.55. The number of amides is 1. The number of methoxy groups -OCH3 is 2. The van der Waals surface area contributed by atoms with Crippen LogP contribution in [0.15, 0.2) is 23.8 Å². The zero-order chi connectivity index (χ0) is 21.3. The topological polar surface area (TPSA) is 102 Å². The van der Waals surface area contributed by atoms with E-state index in [1.165, 1.54) is 14.2 Å². The van der Waals surface area contributed by atoms with E-state index in [4.69, 9.17) is 9.47 Å². The SMILES string of the molecule is COc1cc2c(c(NC(=O)C=O)c1OC)C(=O)/C(=C/c1cc(C)c(O)c(C)c1)C2. The Morgan fingerprint density at radius 1 is 1.14 bits per heavy atom. The summed E-state index contributed by atoms with van der Waals surface area (Å²) in [5.74, 6) is -0.425. The molecule has 0 fully saturated rings. The Bertz CT molecular complexity index is 1040. The maximum atomic E-state index is 13.1. The summed E-state index contributed by atoms with van der Waals surface area (Å²) >= 11 is 0. The number of carbonyl (C=O) groups excluding carboxylic acids is 3. The van der Waals surface area contributed by atoms with Gasteiger partial charge in [-0.25, -0.2) is 0 Å². The summed E-state index contributed by atoms with van der Waals surface area (Å²) < 4.78 is 10.7. The molecule has 29 heavy (non-hydrogen) atoms. The predicted octanol–water partition coefficient (Wildman–Crippen LogP) is 2.99. The molecule has 0 spiro atoms. The van der Waals surface area contributed by atoms with Crippen molar-refractivity contribution in [3.63, 3.8) is 0 Å². The number of nitrogens with one attached hydrogen (secondary N) is 1. The number of aldehydes is 1. The molecule has 0 radical (unpaired) electrons. The fraction of sp³-hybridized carbons (Fsp3) is 0.227. The van der Waals surface area contributed by atoms with Gasteiger partial charge in [-0.3, -0.25) is 14.4 Å². The molecule has 0 unspecified atom stereocenters. The first-order valence-corrected chi connectivity index (χ1v) is 8.90. The van der Waals surface area contributed by atoms with Crippen molar-refractivity contribution in [2.24, 2.45) is 0 Å². The smallest absolute Gasteiger partial charge is 0.288 e. The van der Waals surface area contributed by atoms with Crippen LogP contribution in [0.1, 0.15) is 32.6 Å². The van der Waals surface area contributed by atoms with Gasteiger partial charge in [0.25, 0.3) is 5.91 Å². The summed E-state index contributed by atoms with van der Waals surface area (Å²) in [6.45, 7) is 3.58. The number of rotatable bonds is 5. The molecule has 1 aliphatic carbocycles. The molecule has 0 atom stereocenters. The van der Waals surface area contributed by atoms with Crippen LogP contribution in [-0.2, 0) is 16.0 Å². The average Bonchev–Trinajstić information content (AvgIpc) is 3.00. The van der Waals surface area contributed by atoms with Gasteiger partial charge in [0.1, 0.15) is 5.75 Å². The quantitative estimate of drug-likeness (QED) is 0.458. The molecule has 150 valence electrons. The molecule has 2 aromatic carbocycles. The number of phenolic OH excluding ortho intramolecular Hbond substituents is 1. The largest absolute Gasteiger partial charge is 0.507 e. The van der Waals surface area contributed by atoms with E-state index in [-0.39, 0.29) is 34.8 Å². The molecule has 0 heterocycles. The zero-order valence-electron chi connectivity index (χ0n) is 16.6. The zero-order valence-corrected chi connectivity index (χ0v) is 16.6. The van der Waals surface area contributed by atoms with E-state index in [9.17, 15) is 19.5 Å². The van der Waals surface area contributed by atoms with Gasteiger partial charge < -0.3 is 19.9 Å². The number of ketones is 1. The number of carbonyl (C=O) groups is 3. The molecule has 0 aromatic heterocycles. The molecule has 7 heteroatoms. The lowest BCUT2D eigenvalue weighted by atomic mass is 10.0. The Labute approximate surface area is 167 Å². The van der Waals surface area contributed by atoms with Crippen molar-refractivity contribution in [3.8, 4) is 17.2 Å². The van der Waals surface area contributed by atoms with Crippen LogP contribution in [0.5, 0.6) is 17.2 Å². The van der Waals surface area contributed by atoms with Gasteiger partial charge in [-0.05, 0) is 60.4 Å². The maximum absolute atomic E-state index is 13.1. The molecule has 0 saturated heterocycles.